The smallest absolute Gasteiger partial charge is 0.241 e. The summed E-state index contributed by atoms with van der Waals surface area (Å²) in [4.78, 5) is 14.6. The van der Waals surface area contributed by atoms with Crippen LogP contribution in [0.2, 0.25) is 0 Å². The lowest BCUT2D eigenvalue weighted by atomic mass is 9.96. The average molecular weight is 319 g/mol. The molecule has 0 radical (unpaired) electrons. The van der Waals surface area contributed by atoms with E-state index in [1.165, 1.54) is 44.5 Å². The molecule has 1 atom stereocenters. The molecule has 2 aliphatic heterocycles. The summed E-state index contributed by atoms with van der Waals surface area (Å²) in [6.07, 6.45) is 7.86. The number of piperidine rings is 1. The molecule has 6 nitrogen and oxygen atoms in total. The highest BCUT2D eigenvalue weighted by Crippen LogP contribution is 2.22. The fourth-order valence-corrected chi connectivity index (χ4v) is 3.65. The molecule has 3 rings (SSSR count). The minimum absolute atomic E-state index is 0.0696. The third-order valence-corrected chi connectivity index (χ3v) is 4.93. The van der Waals surface area contributed by atoms with Crippen molar-refractivity contribution in [1.82, 2.24) is 25.3 Å². The summed E-state index contributed by atoms with van der Waals surface area (Å²) in [5.41, 5.74) is 1.18. The van der Waals surface area contributed by atoms with Gasteiger partial charge in [-0.1, -0.05) is 0 Å². The van der Waals surface area contributed by atoms with Crippen LogP contribution < -0.4 is 10.6 Å². The van der Waals surface area contributed by atoms with Gasteiger partial charge in [0.2, 0.25) is 5.91 Å². The van der Waals surface area contributed by atoms with Crippen LogP contribution in [0.5, 0.6) is 0 Å². The van der Waals surface area contributed by atoms with E-state index >= 15 is 0 Å². The Morgan fingerprint density at radius 3 is 3.00 bits per heavy atom. The van der Waals surface area contributed by atoms with Gasteiger partial charge in [-0.25, -0.2) is 0 Å². The maximum Gasteiger partial charge on any atom is 0.241 e. The molecule has 2 saturated heterocycles. The Morgan fingerprint density at radius 2 is 2.22 bits per heavy atom. The van der Waals surface area contributed by atoms with E-state index in [4.69, 9.17) is 0 Å². The maximum absolute atomic E-state index is 12.1. The van der Waals surface area contributed by atoms with Gasteiger partial charge in [0, 0.05) is 30.9 Å². The van der Waals surface area contributed by atoms with E-state index in [2.05, 4.69) is 26.7 Å². The summed E-state index contributed by atoms with van der Waals surface area (Å²) in [5, 5.41) is 10.8. The van der Waals surface area contributed by atoms with Crippen LogP contribution in [-0.4, -0.2) is 59.9 Å². The molecule has 23 heavy (non-hydrogen) atoms. The number of hydrogen-bond acceptors (Lipinski definition) is 4. The summed E-state index contributed by atoms with van der Waals surface area (Å²) < 4.78 is 1.87. The third-order valence-electron chi connectivity index (χ3n) is 4.93. The number of carbonyl (C=O) groups is 1. The zero-order chi connectivity index (χ0) is 15.9. The standard InChI is InChI=1S/C17H29N5O/c23-17(19-8-4-12-21-10-1-2-11-21)14-22-16(6-9-20-22)15-5-3-7-18-13-15/h6,9,15,18H,1-5,7-8,10-14H2,(H,19,23)/t15-/m0/s1. The van der Waals surface area contributed by atoms with Gasteiger partial charge < -0.3 is 15.5 Å². The van der Waals surface area contributed by atoms with Crippen LogP contribution in [0, 0.1) is 0 Å². The largest absolute Gasteiger partial charge is 0.354 e. The Kier molecular flexibility index (Phi) is 6.05. The van der Waals surface area contributed by atoms with Gasteiger partial charge in [0.1, 0.15) is 6.54 Å². The Labute approximate surface area is 138 Å². The first-order valence-corrected chi connectivity index (χ1v) is 9.04. The van der Waals surface area contributed by atoms with Gasteiger partial charge in [-0.05, 0) is 64.3 Å². The average Bonchev–Trinajstić information content (AvgIpc) is 3.24. The second kappa shape index (κ2) is 8.45. The monoisotopic (exact) mass is 319 g/mol. The lowest BCUT2D eigenvalue weighted by molar-refractivity contribution is -0.121. The molecule has 0 aliphatic carbocycles. The minimum Gasteiger partial charge on any atom is -0.354 e. The quantitative estimate of drug-likeness (QED) is 0.735. The molecule has 3 heterocycles. The third kappa shape index (κ3) is 4.78. The second-order valence-electron chi connectivity index (χ2n) is 6.71. The highest BCUT2D eigenvalue weighted by molar-refractivity contribution is 5.75. The Morgan fingerprint density at radius 1 is 1.35 bits per heavy atom. The van der Waals surface area contributed by atoms with Gasteiger partial charge in [-0.15, -0.1) is 0 Å². The van der Waals surface area contributed by atoms with Crippen LogP contribution >= 0.6 is 0 Å². The number of amides is 1. The molecule has 1 amide bonds. The first kappa shape index (κ1) is 16.5. The summed E-state index contributed by atoms with van der Waals surface area (Å²) in [6.45, 7) is 6.73. The van der Waals surface area contributed by atoms with Crippen molar-refractivity contribution in [1.29, 1.82) is 0 Å². The fourth-order valence-electron chi connectivity index (χ4n) is 3.65. The summed E-state index contributed by atoms with van der Waals surface area (Å²) >= 11 is 0. The molecule has 128 valence electrons. The van der Waals surface area contributed by atoms with Crippen molar-refractivity contribution < 1.29 is 4.79 Å². The molecular formula is C17H29N5O. The molecule has 0 aromatic carbocycles. The minimum atomic E-state index is 0.0696. The van der Waals surface area contributed by atoms with Gasteiger partial charge in [-0.3, -0.25) is 9.48 Å². The van der Waals surface area contributed by atoms with E-state index in [9.17, 15) is 4.79 Å². The highest BCUT2D eigenvalue weighted by atomic mass is 16.2. The van der Waals surface area contributed by atoms with E-state index in [1.807, 2.05) is 10.9 Å². The molecule has 0 unspecified atom stereocenters. The van der Waals surface area contributed by atoms with Crippen molar-refractivity contribution >= 4 is 5.91 Å². The molecule has 0 bridgehead atoms. The van der Waals surface area contributed by atoms with Crippen LogP contribution in [-0.2, 0) is 11.3 Å². The Hall–Kier alpha value is -1.40. The van der Waals surface area contributed by atoms with Crippen molar-refractivity contribution in [2.45, 2.75) is 44.6 Å². The maximum atomic E-state index is 12.1. The summed E-state index contributed by atoms with van der Waals surface area (Å²) in [6, 6.07) is 2.05. The van der Waals surface area contributed by atoms with Crippen LogP contribution in [0.15, 0.2) is 12.3 Å². The number of rotatable bonds is 7. The number of nitrogens with zero attached hydrogens (tertiary/aromatic N) is 3. The zero-order valence-corrected chi connectivity index (χ0v) is 14.0. The van der Waals surface area contributed by atoms with Gasteiger partial charge in [0.05, 0.1) is 0 Å². The lowest BCUT2D eigenvalue weighted by Gasteiger charge is -2.23. The number of carbonyl (C=O) groups excluding carboxylic acids is 1. The van der Waals surface area contributed by atoms with Gasteiger partial charge >= 0.3 is 0 Å². The number of aromatic nitrogens is 2. The van der Waals surface area contributed by atoms with Crippen molar-refractivity contribution in [2.75, 3.05) is 39.3 Å². The van der Waals surface area contributed by atoms with E-state index in [-0.39, 0.29) is 5.91 Å². The molecular weight excluding hydrogens is 290 g/mol. The number of hydrogen-bond donors (Lipinski definition) is 2. The molecule has 6 heteroatoms. The molecule has 0 spiro atoms. The van der Waals surface area contributed by atoms with Gasteiger partial charge in [-0.2, -0.15) is 5.10 Å². The van der Waals surface area contributed by atoms with Crippen molar-refractivity contribution in [2.24, 2.45) is 0 Å². The van der Waals surface area contributed by atoms with Crippen molar-refractivity contribution in [3.63, 3.8) is 0 Å². The van der Waals surface area contributed by atoms with Crippen molar-refractivity contribution in [3.05, 3.63) is 18.0 Å². The van der Waals surface area contributed by atoms with Crippen LogP contribution in [0.4, 0.5) is 0 Å². The van der Waals surface area contributed by atoms with Gasteiger partial charge in [0.15, 0.2) is 0 Å². The van der Waals surface area contributed by atoms with Crippen LogP contribution in [0.25, 0.3) is 0 Å². The first-order chi connectivity index (χ1) is 11.3. The fraction of sp³-hybridized carbons (Fsp3) is 0.765. The lowest BCUT2D eigenvalue weighted by Crippen LogP contribution is -2.33. The van der Waals surface area contributed by atoms with Crippen molar-refractivity contribution in [3.8, 4) is 0 Å². The topological polar surface area (TPSA) is 62.2 Å². The number of nitrogens with one attached hydrogen (secondary N) is 2. The van der Waals surface area contributed by atoms with Crippen LogP contribution in [0.3, 0.4) is 0 Å². The van der Waals surface area contributed by atoms with Gasteiger partial charge in [0.25, 0.3) is 0 Å². The molecule has 1 aromatic rings. The SMILES string of the molecule is O=C(Cn1nccc1[C@H]1CCCNC1)NCCCN1CCCC1. The Bertz CT molecular complexity index is 489. The van der Waals surface area contributed by atoms with E-state index in [0.29, 0.717) is 12.5 Å². The summed E-state index contributed by atoms with van der Waals surface area (Å²) in [7, 11) is 0. The number of likely N-dealkylation sites (tertiary alicyclic amines) is 1. The normalized spacial score (nSPS) is 22.3. The van der Waals surface area contributed by atoms with Crippen LogP contribution in [0.1, 0.15) is 43.7 Å². The predicted molar refractivity (Wildman–Crippen MR) is 90.4 cm³/mol. The molecule has 0 saturated carbocycles. The highest BCUT2D eigenvalue weighted by Gasteiger charge is 2.19. The van der Waals surface area contributed by atoms with E-state index < -0.39 is 0 Å². The molecule has 2 N–H and O–H groups in total. The Balaban J connectivity index is 1.40. The predicted octanol–water partition coefficient (Wildman–Crippen LogP) is 0.952. The molecule has 2 aliphatic rings. The van der Waals surface area contributed by atoms with E-state index in [1.54, 1.807) is 0 Å². The zero-order valence-electron chi connectivity index (χ0n) is 14.0. The molecule has 1 aromatic heterocycles. The first-order valence-electron chi connectivity index (χ1n) is 9.04. The van der Waals surface area contributed by atoms with E-state index in [0.717, 1.165) is 32.6 Å². The second-order valence-corrected chi connectivity index (χ2v) is 6.71. The molecule has 2 fully saturated rings. The summed E-state index contributed by atoms with van der Waals surface area (Å²) in [5.74, 6) is 0.550.